The first-order valence-corrected chi connectivity index (χ1v) is 7.24. The molecule has 1 atom stereocenters. The van der Waals surface area contributed by atoms with Crippen molar-refractivity contribution >= 4 is 11.6 Å². The quantitative estimate of drug-likeness (QED) is 0.788. The van der Waals surface area contributed by atoms with Crippen LogP contribution in [0.2, 0.25) is 0 Å². The first kappa shape index (κ1) is 15.0. The topological polar surface area (TPSA) is 15.3 Å². The van der Waals surface area contributed by atoms with E-state index in [1.54, 1.807) is 5.54 Å². The maximum atomic E-state index is 5.72. The van der Waals surface area contributed by atoms with Gasteiger partial charge < -0.3 is 5.32 Å². The van der Waals surface area contributed by atoms with Crippen LogP contribution in [-0.4, -0.2) is 37.6 Å². The fourth-order valence-electron chi connectivity index (χ4n) is 2.42. The largest absolute Gasteiger partial charge is 0.316 e. The lowest BCUT2D eigenvalue weighted by atomic mass is 9.97. The standard InChI is InChI=1S/C14H27ClN2/c1-12(2)8-16-9-14-5-4-6-17(11-14)10-13(3)7-15/h7,12,14,16H,4-6,8-11H2,1-3H3. The van der Waals surface area contributed by atoms with E-state index < -0.39 is 0 Å². The molecule has 1 aliphatic heterocycles. The molecule has 100 valence electrons. The summed E-state index contributed by atoms with van der Waals surface area (Å²) < 4.78 is 0. The van der Waals surface area contributed by atoms with Crippen LogP contribution >= 0.6 is 11.6 Å². The Kier molecular flexibility index (Phi) is 7.17. The van der Waals surface area contributed by atoms with Crippen molar-refractivity contribution in [2.45, 2.75) is 33.6 Å². The number of piperidine rings is 1. The smallest absolute Gasteiger partial charge is 0.0201 e. The molecule has 0 saturated carbocycles. The van der Waals surface area contributed by atoms with Crippen molar-refractivity contribution in [3.05, 3.63) is 11.1 Å². The van der Waals surface area contributed by atoms with Crippen LogP contribution < -0.4 is 5.32 Å². The molecule has 1 aliphatic rings. The third-order valence-corrected chi connectivity index (χ3v) is 3.62. The normalized spacial score (nSPS) is 23.4. The summed E-state index contributed by atoms with van der Waals surface area (Å²) >= 11 is 5.72. The first-order valence-electron chi connectivity index (χ1n) is 6.80. The van der Waals surface area contributed by atoms with Crippen molar-refractivity contribution in [3.8, 4) is 0 Å². The Labute approximate surface area is 111 Å². The zero-order chi connectivity index (χ0) is 12.7. The van der Waals surface area contributed by atoms with E-state index >= 15 is 0 Å². The molecule has 1 heterocycles. The highest BCUT2D eigenvalue weighted by Crippen LogP contribution is 2.17. The second kappa shape index (κ2) is 8.12. The van der Waals surface area contributed by atoms with Crippen LogP contribution in [0.1, 0.15) is 33.6 Å². The van der Waals surface area contributed by atoms with E-state index in [0.29, 0.717) is 0 Å². The van der Waals surface area contributed by atoms with Crippen LogP contribution in [0.3, 0.4) is 0 Å². The summed E-state index contributed by atoms with van der Waals surface area (Å²) in [7, 11) is 0. The fraction of sp³-hybridized carbons (Fsp3) is 0.857. The summed E-state index contributed by atoms with van der Waals surface area (Å²) in [6, 6.07) is 0. The van der Waals surface area contributed by atoms with Gasteiger partial charge in [-0.1, -0.05) is 25.4 Å². The molecule has 0 aromatic rings. The number of hydrogen-bond acceptors (Lipinski definition) is 2. The minimum Gasteiger partial charge on any atom is -0.316 e. The number of nitrogens with zero attached hydrogens (tertiary/aromatic N) is 1. The summed E-state index contributed by atoms with van der Waals surface area (Å²) in [6.07, 6.45) is 2.69. The van der Waals surface area contributed by atoms with E-state index in [1.165, 1.54) is 31.5 Å². The Hall–Kier alpha value is -0.0500. The molecule has 0 amide bonds. The molecule has 17 heavy (non-hydrogen) atoms. The van der Waals surface area contributed by atoms with Gasteiger partial charge in [-0.05, 0) is 56.8 Å². The van der Waals surface area contributed by atoms with Gasteiger partial charge in [-0.25, -0.2) is 0 Å². The van der Waals surface area contributed by atoms with Crippen LogP contribution in [0, 0.1) is 11.8 Å². The van der Waals surface area contributed by atoms with Gasteiger partial charge in [0.15, 0.2) is 0 Å². The van der Waals surface area contributed by atoms with Crippen molar-refractivity contribution in [3.63, 3.8) is 0 Å². The second-order valence-electron chi connectivity index (χ2n) is 5.75. The van der Waals surface area contributed by atoms with Gasteiger partial charge >= 0.3 is 0 Å². The average Bonchev–Trinajstić information content (AvgIpc) is 2.29. The molecule has 1 N–H and O–H groups in total. The van der Waals surface area contributed by atoms with E-state index in [9.17, 15) is 0 Å². The van der Waals surface area contributed by atoms with E-state index in [1.807, 2.05) is 0 Å². The maximum absolute atomic E-state index is 5.72. The molecule has 0 aromatic heterocycles. The maximum Gasteiger partial charge on any atom is 0.0201 e. The summed E-state index contributed by atoms with van der Waals surface area (Å²) in [4.78, 5) is 2.53. The Bertz CT molecular complexity index is 238. The molecule has 2 nitrogen and oxygen atoms in total. The highest BCUT2D eigenvalue weighted by Gasteiger charge is 2.19. The van der Waals surface area contributed by atoms with Crippen LogP contribution in [0.25, 0.3) is 0 Å². The second-order valence-corrected chi connectivity index (χ2v) is 5.97. The zero-order valence-electron chi connectivity index (χ0n) is 11.5. The van der Waals surface area contributed by atoms with Crippen LogP contribution in [0.15, 0.2) is 11.1 Å². The highest BCUT2D eigenvalue weighted by molar-refractivity contribution is 6.25. The van der Waals surface area contributed by atoms with Gasteiger partial charge in [0, 0.05) is 18.6 Å². The average molecular weight is 259 g/mol. The minimum atomic E-state index is 0.746. The SMILES string of the molecule is CC(=CCl)CN1CCCC(CNCC(C)C)C1. The number of hydrogen-bond donors (Lipinski definition) is 1. The van der Waals surface area contributed by atoms with Gasteiger partial charge in [0.05, 0.1) is 0 Å². The zero-order valence-corrected chi connectivity index (χ0v) is 12.3. The molecule has 0 aliphatic carbocycles. The molecule has 1 fully saturated rings. The van der Waals surface area contributed by atoms with Crippen molar-refractivity contribution in [1.29, 1.82) is 0 Å². The third kappa shape index (κ3) is 6.44. The van der Waals surface area contributed by atoms with Gasteiger partial charge in [0.2, 0.25) is 0 Å². The predicted octanol–water partition coefficient (Wildman–Crippen LogP) is 3.09. The number of rotatable bonds is 6. The Morgan fingerprint density at radius 3 is 2.94 bits per heavy atom. The number of halogens is 1. The summed E-state index contributed by atoms with van der Waals surface area (Å²) in [5.41, 5.74) is 2.98. The van der Waals surface area contributed by atoms with Gasteiger partial charge in [0.1, 0.15) is 0 Å². The van der Waals surface area contributed by atoms with Crippen LogP contribution in [0.5, 0.6) is 0 Å². The van der Waals surface area contributed by atoms with Gasteiger partial charge in [-0.2, -0.15) is 0 Å². The van der Waals surface area contributed by atoms with E-state index in [2.05, 4.69) is 31.0 Å². The molecule has 0 radical (unpaired) electrons. The highest BCUT2D eigenvalue weighted by atomic mass is 35.5. The molecular formula is C14H27ClN2. The molecule has 1 rings (SSSR count). The van der Waals surface area contributed by atoms with E-state index in [0.717, 1.165) is 31.5 Å². The van der Waals surface area contributed by atoms with E-state index in [-0.39, 0.29) is 0 Å². The molecule has 1 unspecified atom stereocenters. The fourth-order valence-corrected chi connectivity index (χ4v) is 2.49. The van der Waals surface area contributed by atoms with Crippen molar-refractivity contribution in [2.75, 3.05) is 32.7 Å². The van der Waals surface area contributed by atoms with Crippen molar-refractivity contribution in [1.82, 2.24) is 10.2 Å². The summed E-state index contributed by atoms with van der Waals surface area (Å²) in [6.45, 7) is 12.4. The predicted molar refractivity (Wildman–Crippen MR) is 76.5 cm³/mol. The van der Waals surface area contributed by atoms with Crippen molar-refractivity contribution in [2.24, 2.45) is 11.8 Å². The van der Waals surface area contributed by atoms with Crippen LogP contribution in [0.4, 0.5) is 0 Å². The lowest BCUT2D eigenvalue weighted by Crippen LogP contribution is -2.40. The number of nitrogens with one attached hydrogen (secondary N) is 1. The Balaban J connectivity index is 2.24. The van der Waals surface area contributed by atoms with Crippen molar-refractivity contribution < 1.29 is 0 Å². The van der Waals surface area contributed by atoms with Crippen LogP contribution in [-0.2, 0) is 0 Å². The van der Waals surface area contributed by atoms with E-state index in [4.69, 9.17) is 11.6 Å². The number of likely N-dealkylation sites (tertiary alicyclic amines) is 1. The lowest BCUT2D eigenvalue weighted by Gasteiger charge is -2.33. The molecule has 1 saturated heterocycles. The lowest BCUT2D eigenvalue weighted by molar-refractivity contribution is 0.184. The molecule has 0 spiro atoms. The monoisotopic (exact) mass is 258 g/mol. The summed E-state index contributed by atoms with van der Waals surface area (Å²) in [5.74, 6) is 1.56. The first-order chi connectivity index (χ1) is 8.11. The molecular weight excluding hydrogens is 232 g/mol. The van der Waals surface area contributed by atoms with Gasteiger partial charge in [0.25, 0.3) is 0 Å². The van der Waals surface area contributed by atoms with Gasteiger partial charge in [-0.3, -0.25) is 4.90 Å². The van der Waals surface area contributed by atoms with Gasteiger partial charge in [-0.15, -0.1) is 0 Å². The Morgan fingerprint density at radius 1 is 1.53 bits per heavy atom. The molecule has 0 aromatic carbocycles. The molecule has 0 bridgehead atoms. The molecule has 3 heteroatoms. The summed E-state index contributed by atoms with van der Waals surface area (Å²) in [5, 5.41) is 3.58. The third-order valence-electron chi connectivity index (χ3n) is 3.25. The minimum absolute atomic E-state index is 0.746. The Morgan fingerprint density at radius 2 is 2.29 bits per heavy atom.